The summed E-state index contributed by atoms with van der Waals surface area (Å²) in [6.07, 6.45) is 0. The molecule has 6 bridgehead atoms. The van der Waals surface area contributed by atoms with Crippen molar-refractivity contribution in [3.05, 3.63) is 249 Å². The molecule has 57 heavy (non-hydrogen) atoms. The van der Waals surface area contributed by atoms with Crippen LogP contribution in [-0.2, 0) is 0 Å². The Labute approximate surface area is 331 Å². The Hall–Kier alpha value is -7.10. The quantitative estimate of drug-likeness (QED) is 0.181. The molecule has 0 radical (unpaired) electrons. The summed E-state index contributed by atoms with van der Waals surface area (Å²) in [7, 11) is 0. The molecule has 1 heterocycles. The number of rotatable bonds is 4. The summed E-state index contributed by atoms with van der Waals surface area (Å²) < 4.78 is 6.30. The molecule has 0 amide bonds. The molecule has 0 unspecified atom stereocenters. The van der Waals surface area contributed by atoms with Crippen LogP contribution in [0.15, 0.2) is 186 Å². The lowest BCUT2D eigenvalue weighted by molar-refractivity contribution is 0.584. The van der Waals surface area contributed by atoms with Crippen LogP contribution in [0.2, 0.25) is 0 Å². The summed E-state index contributed by atoms with van der Waals surface area (Å²) >= 11 is 0. The highest BCUT2D eigenvalue weighted by molar-refractivity contribution is 5.78. The van der Waals surface area contributed by atoms with Crippen LogP contribution in [0, 0.1) is 0 Å². The van der Waals surface area contributed by atoms with E-state index in [1.807, 2.05) is 0 Å². The fourth-order valence-electron chi connectivity index (χ4n) is 10.8. The van der Waals surface area contributed by atoms with Crippen molar-refractivity contribution in [2.75, 3.05) is 0 Å². The lowest BCUT2D eigenvalue weighted by Gasteiger charge is -2.42. The minimum atomic E-state index is 0.202. The first-order chi connectivity index (χ1) is 28.3. The highest BCUT2D eigenvalue weighted by atomic mass is 16.4. The summed E-state index contributed by atoms with van der Waals surface area (Å²) in [6, 6.07) is 67.2. The van der Waals surface area contributed by atoms with Crippen LogP contribution in [0.5, 0.6) is 0 Å². The van der Waals surface area contributed by atoms with Crippen molar-refractivity contribution in [1.29, 1.82) is 0 Å². The summed E-state index contributed by atoms with van der Waals surface area (Å²) in [6.45, 7) is 0. The molecule has 0 saturated carbocycles. The van der Waals surface area contributed by atoms with Gasteiger partial charge in [0.2, 0.25) is 11.8 Å². The zero-order valence-corrected chi connectivity index (χ0v) is 30.9. The van der Waals surface area contributed by atoms with E-state index >= 15 is 0 Å². The van der Waals surface area contributed by atoms with E-state index in [4.69, 9.17) is 4.42 Å². The second kappa shape index (κ2) is 11.7. The summed E-state index contributed by atoms with van der Waals surface area (Å²) in [4.78, 5) is 0. The highest BCUT2D eigenvalue weighted by Gasteiger charge is 2.41. The van der Waals surface area contributed by atoms with Gasteiger partial charge in [0.25, 0.3) is 0 Å². The van der Waals surface area contributed by atoms with Gasteiger partial charge in [-0.25, -0.2) is 0 Å². The number of aromatic nitrogens is 2. The molecule has 0 atom stereocenters. The Bertz CT molecular complexity index is 3000. The second-order valence-corrected chi connectivity index (χ2v) is 16.0. The van der Waals surface area contributed by atoms with Crippen LogP contribution < -0.4 is 0 Å². The number of hydrogen-bond acceptors (Lipinski definition) is 3. The number of benzene rings is 8. The number of nitrogens with zero attached hydrogens (tertiary/aromatic N) is 2. The molecule has 0 saturated heterocycles. The average molecular weight is 727 g/mol. The number of hydrogen-bond donors (Lipinski definition) is 0. The standard InChI is InChI=1S/C54H34N2O/c1-3-11-40-38(9-1)49-36-26-27-37(47(30-36)51(40)41-12-4-2-10-39(41)49)32-19-23-34(24-20-32)54-56-55-53(57-54)33-21-17-31(18-22-33)35-25-28-46-48(29-35)52-44-15-7-5-13-42(44)50(46)43-14-6-8-16-45(43)52/h1-30,49-52H. The zero-order valence-electron chi connectivity index (χ0n) is 30.9. The minimum absolute atomic E-state index is 0.202. The van der Waals surface area contributed by atoms with Gasteiger partial charge in [-0.3, -0.25) is 0 Å². The van der Waals surface area contributed by atoms with Crippen LogP contribution in [-0.4, -0.2) is 10.2 Å². The lowest BCUT2D eigenvalue weighted by Crippen LogP contribution is -2.27. The molecule has 0 N–H and O–H groups in total. The molecular formula is C54H34N2O. The van der Waals surface area contributed by atoms with Crippen LogP contribution in [0.3, 0.4) is 0 Å². The van der Waals surface area contributed by atoms with Crippen LogP contribution in [0.4, 0.5) is 0 Å². The van der Waals surface area contributed by atoms with Crippen molar-refractivity contribution in [3.8, 4) is 45.2 Å². The first-order valence-corrected chi connectivity index (χ1v) is 19.9. The predicted molar refractivity (Wildman–Crippen MR) is 226 cm³/mol. The van der Waals surface area contributed by atoms with Gasteiger partial charge in [-0.2, -0.15) is 0 Å². The average Bonchev–Trinajstić information content (AvgIpc) is 3.71. The predicted octanol–water partition coefficient (Wildman–Crippen LogP) is 12.7. The monoisotopic (exact) mass is 726 g/mol. The Kier molecular flexibility index (Phi) is 6.40. The van der Waals surface area contributed by atoms with Crippen LogP contribution in [0.1, 0.15) is 90.4 Å². The van der Waals surface area contributed by atoms with Gasteiger partial charge in [-0.15, -0.1) is 10.2 Å². The van der Waals surface area contributed by atoms with Gasteiger partial charge in [0, 0.05) is 34.8 Å². The first kappa shape index (κ1) is 31.1. The van der Waals surface area contributed by atoms with Crippen molar-refractivity contribution >= 4 is 0 Å². The van der Waals surface area contributed by atoms with Crippen LogP contribution >= 0.6 is 0 Å². The molecule has 9 aromatic rings. The summed E-state index contributed by atoms with van der Waals surface area (Å²) in [5.74, 6) is 2.04. The summed E-state index contributed by atoms with van der Waals surface area (Å²) in [5.41, 5.74) is 23.6. The topological polar surface area (TPSA) is 38.9 Å². The maximum atomic E-state index is 6.30. The third-order valence-electron chi connectivity index (χ3n) is 13.2. The first-order valence-electron chi connectivity index (χ1n) is 19.9. The largest absolute Gasteiger partial charge is 0.416 e. The van der Waals surface area contributed by atoms with Crippen molar-refractivity contribution in [2.24, 2.45) is 0 Å². The minimum Gasteiger partial charge on any atom is -0.416 e. The van der Waals surface area contributed by atoms with E-state index in [9.17, 15) is 0 Å². The van der Waals surface area contributed by atoms with Gasteiger partial charge in [0.15, 0.2) is 0 Å². The molecule has 0 fully saturated rings. The van der Waals surface area contributed by atoms with Gasteiger partial charge < -0.3 is 4.42 Å². The van der Waals surface area contributed by atoms with Gasteiger partial charge in [0.05, 0.1) is 0 Å². The molecule has 1 aromatic heterocycles. The van der Waals surface area contributed by atoms with Crippen molar-refractivity contribution in [2.45, 2.75) is 23.7 Å². The normalized spacial score (nSPS) is 18.5. The van der Waals surface area contributed by atoms with E-state index in [0.29, 0.717) is 11.8 Å². The third kappa shape index (κ3) is 4.43. The molecule has 0 aliphatic heterocycles. The molecule has 0 spiro atoms. The van der Waals surface area contributed by atoms with Gasteiger partial charge in [0.1, 0.15) is 0 Å². The van der Waals surface area contributed by atoms with E-state index in [-0.39, 0.29) is 23.7 Å². The van der Waals surface area contributed by atoms with Gasteiger partial charge in [-0.05, 0) is 119 Å². The SMILES string of the molecule is c1ccc2c(c1)C1c3ccc(-c4ccc(-c5nnc(-c6ccc(-c7ccc8c(c7)C7c9ccccc9C8c8ccccc87)cc6)o5)cc4)c(c3)C2c2ccccc21. The van der Waals surface area contributed by atoms with Crippen molar-refractivity contribution in [1.82, 2.24) is 10.2 Å². The van der Waals surface area contributed by atoms with Gasteiger partial charge >= 0.3 is 0 Å². The van der Waals surface area contributed by atoms with E-state index in [1.54, 1.807) is 0 Å². The van der Waals surface area contributed by atoms with E-state index in [2.05, 4.69) is 192 Å². The molecule has 266 valence electrons. The smallest absolute Gasteiger partial charge is 0.248 e. The van der Waals surface area contributed by atoms with Gasteiger partial charge in [-0.1, -0.05) is 152 Å². The Morgan fingerprint density at radius 1 is 0.281 bits per heavy atom. The van der Waals surface area contributed by atoms with E-state index in [1.165, 1.54) is 89.0 Å². The zero-order chi connectivity index (χ0) is 37.2. The molecular weight excluding hydrogens is 693 g/mol. The molecule has 6 aliphatic carbocycles. The lowest BCUT2D eigenvalue weighted by atomic mass is 9.61. The molecule has 15 rings (SSSR count). The molecule has 3 nitrogen and oxygen atoms in total. The highest BCUT2D eigenvalue weighted by Crippen LogP contribution is 2.57. The molecule has 6 aliphatic rings. The second-order valence-electron chi connectivity index (χ2n) is 16.0. The van der Waals surface area contributed by atoms with Crippen LogP contribution in [0.25, 0.3) is 45.2 Å². The maximum absolute atomic E-state index is 6.30. The maximum Gasteiger partial charge on any atom is 0.248 e. The third-order valence-corrected chi connectivity index (χ3v) is 13.2. The fourth-order valence-corrected chi connectivity index (χ4v) is 10.8. The fraction of sp³-hybridized carbons (Fsp3) is 0.0741. The summed E-state index contributed by atoms with van der Waals surface area (Å²) in [5, 5.41) is 8.96. The van der Waals surface area contributed by atoms with Crippen molar-refractivity contribution < 1.29 is 4.42 Å². The Morgan fingerprint density at radius 2 is 0.667 bits per heavy atom. The molecule has 3 heteroatoms. The Morgan fingerprint density at radius 3 is 1.18 bits per heavy atom. The van der Waals surface area contributed by atoms with E-state index < -0.39 is 0 Å². The van der Waals surface area contributed by atoms with E-state index in [0.717, 1.165) is 11.1 Å². The van der Waals surface area contributed by atoms with Crippen molar-refractivity contribution in [3.63, 3.8) is 0 Å². The Balaban J connectivity index is 0.788. The molecule has 8 aromatic carbocycles.